The molecule has 0 fully saturated rings. The summed E-state index contributed by atoms with van der Waals surface area (Å²) in [5.74, 6) is 0. The van der Waals surface area contributed by atoms with E-state index >= 15 is 0 Å². The summed E-state index contributed by atoms with van der Waals surface area (Å²) >= 11 is 0. The Hall–Kier alpha value is -8.26. The monoisotopic (exact) mass is 813 g/mol. The second kappa shape index (κ2) is 15.6. The normalized spacial score (nSPS) is 12.5. The zero-order valence-corrected chi connectivity index (χ0v) is 35.3. The number of anilines is 3. The van der Waals surface area contributed by atoms with E-state index in [0.29, 0.717) is 0 Å². The van der Waals surface area contributed by atoms with Gasteiger partial charge in [-0.25, -0.2) is 0 Å². The van der Waals surface area contributed by atoms with Gasteiger partial charge >= 0.3 is 0 Å². The molecule has 12 rings (SSSR count). The van der Waals surface area contributed by atoms with E-state index in [4.69, 9.17) is 0 Å². The molecule has 0 aromatic heterocycles. The van der Waals surface area contributed by atoms with E-state index in [1.54, 1.807) is 0 Å². The first-order valence-electron chi connectivity index (χ1n) is 22.2. The van der Waals surface area contributed by atoms with E-state index in [2.05, 4.69) is 266 Å². The summed E-state index contributed by atoms with van der Waals surface area (Å²) in [7, 11) is 0. The number of nitrogens with zero attached hydrogens (tertiary/aromatic N) is 1. The summed E-state index contributed by atoms with van der Waals surface area (Å²) in [4.78, 5) is 2.61. The number of rotatable bonds is 8. The van der Waals surface area contributed by atoms with Gasteiger partial charge in [0.2, 0.25) is 0 Å². The van der Waals surface area contributed by atoms with Crippen molar-refractivity contribution in [2.75, 3.05) is 4.90 Å². The van der Waals surface area contributed by atoms with E-state index < -0.39 is 5.41 Å². The highest BCUT2D eigenvalue weighted by Crippen LogP contribution is 2.61. The maximum Gasteiger partial charge on any atom is 0.0714 e. The molecule has 1 heteroatoms. The Bertz CT molecular complexity index is 3430. The number of benzene rings is 11. The standard InChI is InChI=1S/C63H43N/c1-5-22-44(23-6-1)45-40-42-47(43-41-45)60-53-33-15-13-31-51(53)52-32-14-16-34-54(52)62(60)64(58-38-20-18-30-50(58)46-24-7-2-8-25-46)59-39-21-37-57-61(59)55-35-17-19-36-56(55)63(57,48-26-9-3-10-27-48)49-28-11-4-12-29-49/h1-43H. The smallest absolute Gasteiger partial charge is 0.0714 e. The lowest BCUT2D eigenvalue weighted by Gasteiger charge is -2.35. The molecule has 11 aromatic rings. The van der Waals surface area contributed by atoms with Crippen molar-refractivity contribution in [3.63, 3.8) is 0 Å². The average molecular weight is 814 g/mol. The van der Waals surface area contributed by atoms with Gasteiger partial charge in [0.25, 0.3) is 0 Å². The van der Waals surface area contributed by atoms with E-state index in [-0.39, 0.29) is 0 Å². The molecular formula is C63H43N. The third kappa shape index (κ3) is 5.86. The maximum atomic E-state index is 2.61. The fourth-order valence-electron chi connectivity index (χ4n) is 10.7. The summed E-state index contributed by atoms with van der Waals surface area (Å²) in [5, 5.41) is 4.85. The predicted octanol–water partition coefficient (Wildman–Crippen LogP) is 16.8. The molecular weight excluding hydrogens is 771 g/mol. The highest BCUT2D eigenvalue weighted by molar-refractivity contribution is 6.23. The Morgan fingerprint density at radius 1 is 0.250 bits per heavy atom. The second-order valence-corrected chi connectivity index (χ2v) is 16.7. The fourth-order valence-corrected chi connectivity index (χ4v) is 10.7. The maximum absolute atomic E-state index is 2.61. The fraction of sp³-hybridized carbons (Fsp3) is 0.0159. The van der Waals surface area contributed by atoms with Crippen LogP contribution in [0.5, 0.6) is 0 Å². The van der Waals surface area contributed by atoms with Gasteiger partial charge in [-0.1, -0.05) is 249 Å². The molecule has 0 unspecified atom stereocenters. The lowest BCUT2D eigenvalue weighted by Crippen LogP contribution is -2.28. The highest BCUT2D eigenvalue weighted by Gasteiger charge is 2.47. The number of hydrogen-bond acceptors (Lipinski definition) is 1. The van der Waals surface area contributed by atoms with Gasteiger partial charge in [0, 0.05) is 22.1 Å². The zero-order chi connectivity index (χ0) is 42.5. The minimum atomic E-state index is -0.559. The van der Waals surface area contributed by atoms with Crippen molar-refractivity contribution in [3.05, 3.63) is 283 Å². The summed E-state index contributed by atoms with van der Waals surface area (Å²) in [6.45, 7) is 0. The van der Waals surface area contributed by atoms with Gasteiger partial charge in [0.15, 0.2) is 0 Å². The molecule has 1 aliphatic carbocycles. The van der Waals surface area contributed by atoms with Gasteiger partial charge < -0.3 is 4.90 Å². The molecule has 0 N–H and O–H groups in total. The van der Waals surface area contributed by atoms with Gasteiger partial charge in [-0.3, -0.25) is 0 Å². The molecule has 0 atom stereocenters. The molecule has 0 saturated heterocycles. The first-order valence-corrected chi connectivity index (χ1v) is 22.2. The predicted molar refractivity (Wildman–Crippen MR) is 270 cm³/mol. The number of fused-ring (bicyclic) bond motifs is 6. The minimum Gasteiger partial charge on any atom is -0.308 e. The summed E-state index contributed by atoms with van der Waals surface area (Å²) < 4.78 is 0. The van der Waals surface area contributed by atoms with Crippen LogP contribution in [0.3, 0.4) is 0 Å². The third-order valence-corrected chi connectivity index (χ3v) is 13.3. The second-order valence-electron chi connectivity index (χ2n) is 16.7. The molecule has 0 spiro atoms. The largest absolute Gasteiger partial charge is 0.308 e. The Morgan fingerprint density at radius 2 is 0.688 bits per heavy atom. The van der Waals surface area contributed by atoms with Crippen LogP contribution in [0.15, 0.2) is 261 Å². The Labute approximate surface area is 374 Å². The van der Waals surface area contributed by atoms with Crippen molar-refractivity contribution in [1.82, 2.24) is 0 Å². The van der Waals surface area contributed by atoms with Gasteiger partial charge in [0.1, 0.15) is 0 Å². The van der Waals surface area contributed by atoms with Gasteiger partial charge in [-0.05, 0) is 78.4 Å². The minimum absolute atomic E-state index is 0.559. The summed E-state index contributed by atoms with van der Waals surface area (Å²) in [5.41, 5.74) is 17.4. The molecule has 11 aromatic carbocycles. The van der Waals surface area contributed by atoms with Crippen LogP contribution in [-0.4, -0.2) is 0 Å². The highest BCUT2D eigenvalue weighted by atomic mass is 15.2. The van der Waals surface area contributed by atoms with Crippen LogP contribution in [0.4, 0.5) is 17.1 Å². The van der Waals surface area contributed by atoms with Crippen molar-refractivity contribution in [2.24, 2.45) is 0 Å². The van der Waals surface area contributed by atoms with Crippen LogP contribution in [0.1, 0.15) is 22.3 Å². The van der Waals surface area contributed by atoms with E-state index in [0.717, 1.165) is 33.8 Å². The van der Waals surface area contributed by atoms with Crippen molar-refractivity contribution in [3.8, 4) is 44.5 Å². The van der Waals surface area contributed by atoms with Gasteiger partial charge in [0.05, 0.1) is 22.5 Å². The van der Waals surface area contributed by atoms with Gasteiger partial charge in [-0.15, -0.1) is 0 Å². The molecule has 1 nitrogen and oxygen atoms in total. The molecule has 64 heavy (non-hydrogen) atoms. The molecule has 0 heterocycles. The van der Waals surface area contributed by atoms with Crippen LogP contribution in [0.25, 0.3) is 66.1 Å². The quantitative estimate of drug-likeness (QED) is 0.138. The zero-order valence-electron chi connectivity index (χ0n) is 35.3. The lowest BCUT2D eigenvalue weighted by atomic mass is 9.68. The van der Waals surface area contributed by atoms with Crippen molar-refractivity contribution < 1.29 is 0 Å². The number of hydrogen-bond donors (Lipinski definition) is 0. The summed E-state index contributed by atoms with van der Waals surface area (Å²) in [6, 6.07) is 96.0. The topological polar surface area (TPSA) is 3.24 Å². The molecule has 0 bridgehead atoms. The Morgan fingerprint density at radius 3 is 1.34 bits per heavy atom. The van der Waals surface area contributed by atoms with Crippen LogP contribution in [0, 0.1) is 0 Å². The van der Waals surface area contributed by atoms with Crippen LogP contribution in [-0.2, 0) is 5.41 Å². The average Bonchev–Trinajstić information content (AvgIpc) is 3.69. The SMILES string of the molecule is c1ccc(-c2ccc(-c3c(N(c4ccccc4-c4ccccc4)c4cccc5c4-c4ccccc4C5(c4ccccc4)c4ccccc4)c4ccccc4c4ccccc34)cc2)cc1. The van der Waals surface area contributed by atoms with Crippen molar-refractivity contribution in [1.29, 1.82) is 0 Å². The van der Waals surface area contributed by atoms with E-state index in [1.807, 2.05) is 0 Å². The van der Waals surface area contributed by atoms with E-state index in [9.17, 15) is 0 Å². The first kappa shape index (κ1) is 37.5. The number of para-hydroxylation sites is 1. The molecule has 0 amide bonds. The lowest BCUT2D eigenvalue weighted by molar-refractivity contribution is 0.768. The first-order chi connectivity index (χ1) is 31.8. The molecule has 0 aliphatic heterocycles. The van der Waals surface area contributed by atoms with Crippen LogP contribution in [0.2, 0.25) is 0 Å². The van der Waals surface area contributed by atoms with Crippen LogP contribution < -0.4 is 4.90 Å². The van der Waals surface area contributed by atoms with Crippen LogP contribution >= 0.6 is 0 Å². The molecule has 1 aliphatic rings. The summed E-state index contributed by atoms with van der Waals surface area (Å²) in [6.07, 6.45) is 0. The van der Waals surface area contributed by atoms with Gasteiger partial charge in [-0.2, -0.15) is 0 Å². The Balaban J connectivity index is 1.24. The molecule has 0 radical (unpaired) electrons. The van der Waals surface area contributed by atoms with Crippen molar-refractivity contribution in [2.45, 2.75) is 5.41 Å². The molecule has 300 valence electrons. The molecule has 0 saturated carbocycles. The Kier molecular flexibility index (Phi) is 9.13. The van der Waals surface area contributed by atoms with Crippen molar-refractivity contribution >= 4 is 38.6 Å². The van der Waals surface area contributed by atoms with E-state index in [1.165, 1.54) is 71.6 Å². The third-order valence-electron chi connectivity index (χ3n) is 13.3.